The van der Waals surface area contributed by atoms with Gasteiger partial charge in [-0.05, 0) is 25.0 Å². The quantitative estimate of drug-likeness (QED) is 0.863. The van der Waals surface area contributed by atoms with E-state index in [9.17, 15) is 4.79 Å². The lowest BCUT2D eigenvalue weighted by Crippen LogP contribution is -2.30. The average Bonchev–Trinajstić information content (AvgIpc) is 2.90. The van der Waals surface area contributed by atoms with Crippen LogP contribution in [-0.4, -0.2) is 35.0 Å². The zero-order valence-electron chi connectivity index (χ0n) is 12.7. The van der Waals surface area contributed by atoms with Crippen LogP contribution in [0, 0.1) is 0 Å². The summed E-state index contributed by atoms with van der Waals surface area (Å²) >= 11 is 2.95. The summed E-state index contributed by atoms with van der Waals surface area (Å²) < 4.78 is 6.00. The van der Waals surface area contributed by atoms with Crippen LogP contribution in [0.3, 0.4) is 0 Å². The van der Waals surface area contributed by atoms with Gasteiger partial charge in [0.2, 0.25) is 11.0 Å². The van der Waals surface area contributed by atoms with Crippen LogP contribution in [0.2, 0.25) is 0 Å². The van der Waals surface area contributed by atoms with Gasteiger partial charge in [0.1, 0.15) is 5.75 Å². The number of benzene rings is 1. The molecule has 0 spiro atoms. The van der Waals surface area contributed by atoms with Crippen LogP contribution >= 0.6 is 23.1 Å². The number of carbonyl (C=O) groups is 1. The summed E-state index contributed by atoms with van der Waals surface area (Å²) in [5.74, 6) is 0.884. The number of hydrogen-bond donors (Lipinski definition) is 2. The van der Waals surface area contributed by atoms with Gasteiger partial charge in [-0.15, -0.1) is 10.2 Å². The molecule has 0 radical (unpaired) electrons. The van der Waals surface area contributed by atoms with Crippen molar-refractivity contribution in [2.45, 2.75) is 28.9 Å². The van der Waals surface area contributed by atoms with Gasteiger partial charge in [0.05, 0.1) is 12.4 Å². The molecule has 122 valence electrons. The van der Waals surface area contributed by atoms with E-state index in [0.29, 0.717) is 5.13 Å². The lowest BCUT2D eigenvalue weighted by molar-refractivity contribution is -0.120. The molecule has 2 N–H and O–H groups in total. The summed E-state index contributed by atoms with van der Waals surface area (Å²) in [6.45, 7) is 0.772. The Labute approximate surface area is 143 Å². The van der Waals surface area contributed by atoms with Crippen molar-refractivity contribution in [1.82, 2.24) is 15.5 Å². The minimum atomic E-state index is -0.0740. The predicted molar refractivity (Wildman–Crippen MR) is 92.7 cm³/mol. The third-order valence-corrected chi connectivity index (χ3v) is 5.64. The monoisotopic (exact) mass is 350 g/mol. The van der Waals surface area contributed by atoms with Gasteiger partial charge in [0.15, 0.2) is 4.34 Å². The van der Waals surface area contributed by atoms with Crippen molar-refractivity contribution in [2.24, 2.45) is 0 Å². The molecule has 1 saturated heterocycles. The number of rotatable bonds is 5. The summed E-state index contributed by atoms with van der Waals surface area (Å²) in [6, 6.07) is 7.63. The van der Waals surface area contributed by atoms with Crippen LogP contribution in [0.1, 0.15) is 19.3 Å². The molecule has 0 saturated carbocycles. The second kappa shape index (κ2) is 7.65. The second-order valence-electron chi connectivity index (χ2n) is 5.12. The first-order valence-electron chi connectivity index (χ1n) is 7.43. The van der Waals surface area contributed by atoms with Gasteiger partial charge in [-0.25, -0.2) is 0 Å². The molecule has 1 aliphatic rings. The van der Waals surface area contributed by atoms with E-state index in [4.69, 9.17) is 4.74 Å². The van der Waals surface area contributed by atoms with E-state index in [1.807, 2.05) is 24.3 Å². The summed E-state index contributed by atoms with van der Waals surface area (Å²) in [7, 11) is 1.64. The molecular weight excluding hydrogens is 332 g/mol. The highest BCUT2D eigenvalue weighted by Crippen LogP contribution is 2.33. The minimum absolute atomic E-state index is 0.0740. The van der Waals surface area contributed by atoms with E-state index in [1.54, 1.807) is 7.11 Å². The van der Waals surface area contributed by atoms with Crippen molar-refractivity contribution in [3.63, 3.8) is 0 Å². The van der Waals surface area contributed by atoms with Crippen LogP contribution in [0.15, 0.2) is 28.6 Å². The second-order valence-corrected chi connectivity index (χ2v) is 7.55. The topological polar surface area (TPSA) is 76.1 Å². The first kappa shape index (κ1) is 16.1. The highest BCUT2D eigenvalue weighted by Gasteiger charge is 2.23. The van der Waals surface area contributed by atoms with Gasteiger partial charge in [-0.3, -0.25) is 4.79 Å². The fourth-order valence-electron chi connectivity index (χ4n) is 2.28. The third kappa shape index (κ3) is 4.35. The smallest absolute Gasteiger partial charge is 0.233 e. The Kier molecular flexibility index (Phi) is 5.35. The van der Waals surface area contributed by atoms with Crippen LogP contribution in [-0.2, 0) is 4.79 Å². The Bertz CT molecular complexity index is 677. The van der Waals surface area contributed by atoms with E-state index in [1.165, 1.54) is 23.1 Å². The maximum atomic E-state index is 12.0. The Morgan fingerprint density at radius 3 is 3.17 bits per heavy atom. The molecule has 1 amide bonds. The summed E-state index contributed by atoms with van der Waals surface area (Å²) in [5.41, 5.74) is 0.893. The maximum Gasteiger partial charge on any atom is 0.233 e. The summed E-state index contributed by atoms with van der Waals surface area (Å²) in [5, 5.41) is 15.1. The molecule has 2 aromatic rings. The van der Waals surface area contributed by atoms with E-state index in [-0.39, 0.29) is 11.2 Å². The molecule has 1 unspecified atom stereocenters. The van der Waals surface area contributed by atoms with Crippen molar-refractivity contribution in [3.8, 4) is 5.75 Å². The molecular formula is C15H18N4O2S2. The standard InChI is InChI=1S/C15H18N4O2S2/c1-21-11-6-4-5-10(9-11)17-14-18-19-15(23-14)22-12-7-2-3-8-16-13(12)20/h4-6,9,12H,2-3,7-8H2,1H3,(H,16,20)(H,17,18). The molecule has 0 aliphatic carbocycles. The molecule has 3 rings (SSSR count). The van der Waals surface area contributed by atoms with Crippen molar-refractivity contribution in [2.75, 3.05) is 19.0 Å². The number of amides is 1. The zero-order chi connectivity index (χ0) is 16.1. The van der Waals surface area contributed by atoms with Gasteiger partial charge in [-0.2, -0.15) is 0 Å². The number of thioether (sulfide) groups is 1. The van der Waals surface area contributed by atoms with Crippen LogP contribution in [0.4, 0.5) is 10.8 Å². The number of hydrogen-bond acceptors (Lipinski definition) is 7. The SMILES string of the molecule is COc1cccc(Nc2nnc(SC3CCCCNC3=O)s2)c1. The fraction of sp³-hybridized carbons (Fsp3) is 0.400. The Morgan fingerprint density at radius 2 is 2.30 bits per heavy atom. The first-order valence-corrected chi connectivity index (χ1v) is 9.13. The Hall–Kier alpha value is -1.80. The molecule has 1 aliphatic heterocycles. The maximum absolute atomic E-state index is 12.0. The van der Waals surface area contributed by atoms with Gasteiger partial charge in [0.25, 0.3) is 0 Å². The number of nitrogens with zero attached hydrogens (tertiary/aromatic N) is 2. The van der Waals surface area contributed by atoms with Crippen LogP contribution < -0.4 is 15.4 Å². The molecule has 1 aromatic carbocycles. The number of nitrogens with one attached hydrogen (secondary N) is 2. The van der Waals surface area contributed by atoms with Crippen LogP contribution in [0.25, 0.3) is 0 Å². The molecule has 2 heterocycles. The van der Waals surface area contributed by atoms with Gasteiger partial charge >= 0.3 is 0 Å². The number of anilines is 2. The number of aromatic nitrogens is 2. The molecule has 23 heavy (non-hydrogen) atoms. The zero-order valence-corrected chi connectivity index (χ0v) is 14.4. The van der Waals surface area contributed by atoms with Gasteiger partial charge in [0, 0.05) is 18.3 Å². The highest BCUT2D eigenvalue weighted by molar-refractivity contribution is 8.02. The normalized spacial score (nSPS) is 18.1. The van der Waals surface area contributed by atoms with Gasteiger partial charge < -0.3 is 15.4 Å². The van der Waals surface area contributed by atoms with Crippen LogP contribution in [0.5, 0.6) is 5.75 Å². The van der Waals surface area contributed by atoms with E-state index in [0.717, 1.165) is 41.6 Å². The molecule has 0 bridgehead atoms. The van der Waals surface area contributed by atoms with Crippen molar-refractivity contribution >= 4 is 39.8 Å². The lowest BCUT2D eigenvalue weighted by atomic mass is 10.2. The number of methoxy groups -OCH3 is 1. The van der Waals surface area contributed by atoms with E-state index >= 15 is 0 Å². The van der Waals surface area contributed by atoms with E-state index < -0.39 is 0 Å². The third-order valence-electron chi connectivity index (χ3n) is 3.46. The summed E-state index contributed by atoms with van der Waals surface area (Å²) in [6.07, 6.45) is 2.99. The van der Waals surface area contributed by atoms with Gasteiger partial charge in [-0.1, -0.05) is 35.6 Å². The fourth-order valence-corrected chi connectivity index (χ4v) is 4.36. The molecule has 1 aromatic heterocycles. The molecule has 8 heteroatoms. The van der Waals surface area contributed by atoms with Crippen molar-refractivity contribution in [3.05, 3.63) is 24.3 Å². The Balaban J connectivity index is 1.64. The average molecular weight is 350 g/mol. The first-order chi connectivity index (χ1) is 11.2. The number of ether oxygens (including phenoxy) is 1. The Morgan fingerprint density at radius 1 is 1.39 bits per heavy atom. The summed E-state index contributed by atoms with van der Waals surface area (Å²) in [4.78, 5) is 12.0. The number of carbonyl (C=O) groups excluding carboxylic acids is 1. The molecule has 1 fully saturated rings. The highest BCUT2D eigenvalue weighted by atomic mass is 32.2. The predicted octanol–water partition coefficient (Wildman–Crippen LogP) is 3.05. The van der Waals surface area contributed by atoms with E-state index in [2.05, 4.69) is 20.8 Å². The minimum Gasteiger partial charge on any atom is -0.497 e. The molecule has 6 nitrogen and oxygen atoms in total. The largest absolute Gasteiger partial charge is 0.497 e. The molecule has 1 atom stereocenters. The van der Waals surface area contributed by atoms with Crippen molar-refractivity contribution in [1.29, 1.82) is 0 Å². The van der Waals surface area contributed by atoms with Crippen molar-refractivity contribution < 1.29 is 9.53 Å². The lowest BCUT2D eigenvalue weighted by Gasteiger charge is -2.09.